The maximum Gasteiger partial charge on any atom is 0.262 e. The van der Waals surface area contributed by atoms with Crippen LogP contribution in [-0.2, 0) is 9.53 Å². The normalized spacial score (nSPS) is 14.3. The molecule has 31 heavy (non-hydrogen) atoms. The van der Waals surface area contributed by atoms with E-state index in [0.717, 1.165) is 42.7 Å². The Morgan fingerprint density at radius 1 is 0.903 bits per heavy atom. The van der Waals surface area contributed by atoms with E-state index in [1.54, 1.807) is 7.11 Å². The predicted octanol–water partition coefficient (Wildman–Crippen LogP) is 4.99. The SMILES string of the molecule is COC1CCN(c2ccc(NC(=O)COc3ccc(-c4ccccc4)cc3)cc2)CC1. The highest BCUT2D eigenvalue weighted by molar-refractivity contribution is 5.92. The number of nitrogens with zero attached hydrogens (tertiary/aromatic N) is 1. The number of rotatable bonds is 7. The smallest absolute Gasteiger partial charge is 0.262 e. The molecule has 1 aliphatic heterocycles. The van der Waals surface area contributed by atoms with Crippen molar-refractivity contribution < 1.29 is 14.3 Å². The summed E-state index contributed by atoms with van der Waals surface area (Å²) < 4.78 is 11.1. The van der Waals surface area contributed by atoms with Crippen molar-refractivity contribution in [1.82, 2.24) is 0 Å². The lowest BCUT2D eigenvalue weighted by Crippen LogP contribution is -2.36. The number of hydrogen-bond acceptors (Lipinski definition) is 4. The molecule has 1 heterocycles. The topological polar surface area (TPSA) is 50.8 Å². The molecule has 1 N–H and O–H groups in total. The Kier molecular flexibility index (Phi) is 6.85. The van der Waals surface area contributed by atoms with Crippen molar-refractivity contribution in [3.63, 3.8) is 0 Å². The fraction of sp³-hybridized carbons (Fsp3) is 0.269. The van der Waals surface area contributed by atoms with Crippen LogP contribution in [0, 0.1) is 0 Å². The maximum absolute atomic E-state index is 12.3. The van der Waals surface area contributed by atoms with E-state index in [9.17, 15) is 4.79 Å². The molecular formula is C26H28N2O3. The first-order chi connectivity index (χ1) is 15.2. The van der Waals surface area contributed by atoms with E-state index < -0.39 is 0 Å². The molecule has 0 bridgehead atoms. The summed E-state index contributed by atoms with van der Waals surface area (Å²) in [6.45, 7) is 1.94. The molecule has 0 aliphatic carbocycles. The number of carbonyl (C=O) groups excluding carboxylic acids is 1. The largest absolute Gasteiger partial charge is 0.484 e. The van der Waals surface area contributed by atoms with Crippen LogP contribution in [0.5, 0.6) is 5.75 Å². The van der Waals surface area contributed by atoms with Crippen LogP contribution in [0.4, 0.5) is 11.4 Å². The van der Waals surface area contributed by atoms with Crippen molar-refractivity contribution in [3.8, 4) is 16.9 Å². The molecule has 0 radical (unpaired) electrons. The molecular weight excluding hydrogens is 388 g/mol. The van der Waals surface area contributed by atoms with Crippen LogP contribution in [-0.4, -0.2) is 38.8 Å². The van der Waals surface area contributed by atoms with Crippen LogP contribution in [0.3, 0.4) is 0 Å². The lowest BCUT2D eigenvalue weighted by Gasteiger charge is -2.33. The summed E-state index contributed by atoms with van der Waals surface area (Å²) in [5.74, 6) is 0.491. The van der Waals surface area contributed by atoms with Gasteiger partial charge < -0.3 is 19.7 Å². The van der Waals surface area contributed by atoms with Crippen LogP contribution >= 0.6 is 0 Å². The summed E-state index contributed by atoms with van der Waals surface area (Å²) in [7, 11) is 1.78. The molecule has 3 aromatic carbocycles. The van der Waals surface area contributed by atoms with Crippen LogP contribution in [0.15, 0.2) is 78.9 Å². The zero-order chi connectivity index (χ0) is 21.5. The molecule has 5 heteroatoms. The van der Waals surface area contributed by atoms with E-state index >= 15 is 0 Å². The minimum Gasteiger partial charge on any atom is -0.484 e. The molecule has 0 spiro atoms. The Hall–Kier alpha value is -3.31. The summed E-state index contributed by atoms with van der Waals surface area (Å²) >= 11 is 0. The van der Waals surface area contributed by atoms with Crippen molar-refractivity contribution in [3.05, 3.63) is 78.9 Å². The zero-order valence-electron chi connectivity index (χ0n) is 17.8. The Bertz CT molecular complexity index is 964. The van der Waals surface area contributed by atoms with Crippen molar-refractivity contribution >= 4 is 17.3 Å². The van der Waals surface area contributed by atoms with Gasteiger partial charge in [0.15, 0.2) is 6.61 Å². The number of amides is 1. The van der Waals surface area contributed by atoms with E-state index in [2.05, 4.69) is 22.3 Å². The third-order valence-corrected chi connectivity index (χ3v) is 5.62. The monoisotopic (exact) mass is 416 g/mol. The second-order valence-corrected chi connectivity index (χ2v) is 7.70. The van der Waals surface area contributed by atoms with Crippen molar-refractivity contribution in [2.75, 3.05) is 37.0 Å². The van der Waals surface area contributed by atoms with Crippen molar-refractivity contribution in [1.29, 1.82) is 0 Å². The van der Waals surface area contributed by atoms with Gasteiger partial charge in [0.1, 0.15) is 5.75 Å². The number of nitrogens with one attached hydrogen (secondary N) is 1. The number of piperidine rings is 1. The van der Waals surface area contributed by atoms with Gasteiger partial charge in [-0.05, 0) is 60.4 Å². The Morgan fingerprint density at radius 3 is 2.19 bits per heavy atom. The van der Waals surface area contributed by atoms with Crippen molar-refractivity contribution in [2.24, 2.45) is 0 Å². The first-order valence-electron chi connectivity index (χ1n) is 10.7. The summed E-state index contributed by atoms with van der Waals surface area (Å²) in [6.07, 6.45) is 2.45. The lowest BCUT2D eigenvalue weighted by atomic mass is 10.1. The van der Waals surface area contributed by atoms with Gasteiger partial charge in [-0.15, -0.1) is 0 Å². The highest BCUT2D eigenvalue weighted by Crippen LogP contribution is 2.24. The number of benzene rings is 3. The molecule has 0 aromatic heterocycles. The Balaban J connectivity index is 1.25. The second kappa shape index (κ2) is 10.1. The number of anilines is 2. The van der Waals surface area contributed by atoms with Gasteiger partial charge >= 0.3 is 0 Å². The highest BCUT2D eigenvalue weighted by Gasteiger charge is 2.18. The molecule has 4 rings (SSSR count). The molecule has 0 unspecified atom stereocenters. The minimum atomic E-state index is -0.180. The van der Waals surface area contributed by atoms with Crippen LogP contribution in [0.1, 0.15) is 12.8 Å². The lowest BCUT2D eigenvalue weighted by molar-refractivity contribution is -0.118. The first-order valence-corrected chi connectivity index (χ1v) is 10.7. The average molecular weight is 417 g/mol. The summed E-state index contributed by atoms with van der Waals surface area (Å²) in [4.78, 5) is 14.6. The van der Waals surface area contributed by atoms with Crippen molar-refractivity contribution in [2.45, 2.75) is 18.9 Å². The van der Waals surface area contributed by atoms with Crippen LogP contribution in [0.25, 0.3) is 11.1 Å². The number of methoxy groups -OCH3 is 1. The molecule has 0 saturated carbocycles. The number of carbonyl (C=O) groups is 1. The second-order valence-electron chi connectivity index (χ2n) is 7.70. The zero-order valence-corrected chi connectivity index (χ0v) is 17.8. The van der Waals surface area contributed by atoms with E-state index in [1.165, 1.54) is 5.69 Å². The van der Waals surface area contributed by atoms with Gasteiger partial charge in [-0.3, -0.25) is 4.79 Å². The third-order valence-electron chi connectivity index (χ3n) is 5.62. The maximum atomic E-state index is 12.3. The highest BCUT2D eigenvalue weighted by atomic mass is 16.5. The van der Waals surface area contributed by atoms with E-state index in [1.807, 2.05) is 66.7 Å². The van der Waals surface area contributed by atoms with E-state index in [-0.39, 0.29) is 12.5 Å². The molecule has 1 saturated heterocycles. The minimum absolute atomic E-state index is 0.0308. The van der Waals surface area contributed by atoms with Gasteiger partial charge in [-0.2, -0.15) is 0 Å². The van der Waals surface area contributed by atoms with E-state index in [4.69, 9.17) is 9.47 Å². The Morgan fingerprint density at radius 2 is 1.55 bits per heavy atom. The first kappa shape index (κ1) is 20.9. The average Bonchev–Trinajstić information content (AvgIpc) is 2.84. The van der Waals surface area contributed by atoms with Gasteiger partial charge in [0.2, 0.25) is 0 Å². The predicted molar refractivity (Wildman–Crippen MR) is 125 cm³/mol. The fourth-order valence-electron chi connectivity index (χ4n) is 3.83. The summed E-state index contributed by atoms with van der Waals surface area (Å²) in [5.41, 5.74) is 4.20. The van der Waals surface area contributed by atoms with Crippen LogP contribution in [0.2, 0.25) is 0 Å². The molecule has 1 fully saturated rings. The molecule has 160 valence electrons. The quantitative estimate of drug-likeness (QED) is 0.590. The molecule has 0 atom stereocenters. The molecule has 1 amide bonds. The van der Waals surface area contributed by atoms with E-state index in [0.29, 0.717) is 11.9 Å². The summed E-state index contributed by atoms with van der Waals surface area (Å²) in [5, 5.41) is 2.89. The Labute approximate surface area is 183 Å². The van der Waals surface area contributed by atoms with Gasteiger partial charge in [-0.25, -0.2) is 0 Å². The molecule has 5 nitrogen and oxygen atoms in total. The summed E-state index contributed by atoms with van der Waals surface area (Å²) in [6, 6.07) is 25.9. The van der Waals surface area contributed by atoms with Gasteiger partial charge in [0, 0.05) is 31.6 Å². The molecule has 1 aliphatic rings. The number of ether oxygens (including phenoxy) is 2. The molecule has 3 aromatic rings. The standard InChI is InChI=1S/C26H28N2O3/c1-30-24-15-17-28(18-16-24)23-11-9-22(10-12-23)27-26(29)19-31-25-13-7-21(8-14-25)20-5-3-2-4-6-20/h2-14,24H,15-19H2,1H3,(H,27,29). The van der Waals surface area contributed by atoms with Gasteiger partial charge in [-0.1, -0.05) is 42.5 Å². The third kappa shape index (κ3) is 5.64. The van der Waals surface area contributed by atoms with Gasteiger partial charge in [0.05, 0.1) is 6.10 Å². The fourth-order valence-corrected chi connectivity index (χ4v) is 3.83. The number of hydrogen-bond donors (Lipinski definition) is 1. The van der Waals surface area contributed by atoms with Gasteiger partial charge in [0.25, 0.3) is 5.91 Å². The van der Waals surface area contributed by atoms with Crippen LogP contribution < -0.4 is 15.0 Å².